The van der Waals surface area contributed by atoms with Crippen molar-refractivity contribution in [2.24, 2.45) is 5.92 Å². The zero-order valence-corrected chi connectivity index (χ0v) is 17.4. The molecule has 2 unspecified atom stereocenters. The fraction of sp³-hybridized carbons (Fsp3) is 0.500. The third-order valence-electron chi connectivity index (χ3n) is 6.56. The topological polar surface area (TPSA) is 95.3 Å². The standard InChI is InChI=1S/C22H28N6O2/c1-22(2,15-6-4-3-5-7-15)21-26-20(30-27-21)16-13-24-28-17(12-18(29)25-19(16)28)14-8-10-23-11-9-14/h3-7,12,14,16,19,23-24H,8-11,13H2,1-2H3,(H,25,29). The van der Waals surface area contributed by atoms with Crippen LogP contribution >= 0.6 is 0 Å². The molecule has 2 saturated heterocycles. The summed E-state index contributed by atoms with van der Waals surface area (Å²) < 4.78 is 5.71. The molecule has 1 aromatic carbocycles. The van der Waals surface area contributed by atoms with Gasteiger partial charge in [-0.1, -0.05) is 35.5 Å². The minimum atomic E-state index is -0.370. The maximum absolute atomic E-state index is 12.5. The Bertz CT molecular complexity index is 948. The van der Waals surface area contributed by atoms with Crippen molar-refractivity contribution in [2.75, 3.05) is 19.6 Å². The predicted octanol–water partition coefficient (Wildman–Crippen LogP) is 1.64. The van der Waals surface area contributed by atoms with Crippen molar-refractivity contribution in [3.63, 3.8) is 0 Å². The summed E-state index contributed by atoms with van der Waals surface area (Å²) in [5.74, 6) is 1.43. The van der Waals surface area contributed by atoms with Gasteiger partial charge in [0.25, 0.3) is 0 Å². The van der Waals surface area contributed by atoms with Crippen molar-refractivity contribution in [3.8, 4) is 0 Å². The van der Waals surface area contributed by atoms with E-state index in [1.165, 1.54) is 0 Å². The molecule has 30 heavy (non-hydrogen) atoms. The lowest BCUT2D eigenvalue weighted by Gasteiger charge is -2.38. The summed E-state index contributed by atoms with van der Waals surface area (Å²) in [5.41, 5.74) is 5.28. The summed E-state index contributed by atoms with van der Waals surface area (Å²) in [6, 6.07) is 10.2. The number of rotatable bonds is 4. The number of fused-ring (bicyclic) bond motifs is 1. The summed E-state index contributed by atoms with van der Waals surface area (Å²) in [5, 5.41) is 12.9. The van der Waals surface area contributed by atoms with Crippen molar-refractivity contribution >= 4 is 5.91 Å². The van der Waals surface area contributed by atoms with E-state index >= 15 is 0 Å². The first-order chi connectivity index (χ1) is 14.5. The molecule has 8 nitrogen and oxygen atoms in total. The van der Waals surface area contributed by atoms with Crippen molar-refractivity contribution < 1.29 is 9.32 Å². The molecule has 2 fully saturated rings. The van der Waals surface area contributed by atoms with Crippen molar-refractivity contribution in [1.82, 2.24) is 31.2 Å². The van der Waals surface area contributed by atoms with E-state index in [0.717, 1.165) is 37.2 Å². The molecule has 5 rings (SSSR count). The Kier molecular flexibility index (Phi) is 4.83. The second-order valence-electron chi connectivity index (χ2n) is 8.83. The lowest BCUT2D eigenvalue weighted by atomic mass is 9.84. The van der Waals surface area contributed by atoms with Crippen LogP contribution < -0.4 is 16.1 Å². The fourth-order valence-electron chi connectivity index (χ4n) is 4.67. The van der Waals surface area contributed by atoms with Crippen LogP contribution in [0.15, 0.2) is 46.6 Å². The van der Waals surface area contributed by atoms with Crippen LogP contribution in [0.5, 0.6) is 0 Å². The number of amides is 1. The van der Waals surface area contributed by atoms with Crippen LogP contribution in [-0.4, -0.2) is 46.9 Å². The molecule has 0 aliphatic carbocycles. The highest BCUT2D eigenvalue weighted by Crippen LogP contribution is 2.36. The minimum absolute atomic E-state index is 0.0529. The molecule has 4 heterocycles. The van der Waals surface area contributed by atoms with Crippen molar-refractivity contribution in [2.45, 2.75) is 44.2 Å². The first-order valence-electron chi connectivity index (χ1n) is 10.7. The van der Waals surface area contributed by atoms with Crippen LogP contribution in [0.1, 0.15) is 49.9 Å². The number of hydrogen-bond acceptors (Lipinski definition) is 7. The first kappa shape index (κ1) is 19.3. The summed E-state index contributed by atoms with van der Waals surface area (Å²) in [6.45, 7) is 6.79. The van der Waals surface area contributed by atoms with Gasteiger partial charge < -0.3 is 15.2 Å². The Morgan fingerprint density at radius 2 is 1.93 bits per heavy atom. The number of carbonyl (C=O) groups is 1. The fourth-order valence-corrected chi connectivity index (χ4v) is 4.67. The highest BCUT2D eigenvalue weighted by atomic mass is 16.5. The van der Waals surface area contributed by atoms with E-state index < -0.39 is 0 Å². The maximum Gasteiger partial charge on any atom is 0.247 e. The van der Waals surface area contributed by atoms with Gasteiger partial charge in [-0.15, -0.1) is 0 Å². The molecule has 0 spiro atoms. The molecule has 2 aromatic rings. The lowest BCUT2D eigenvalue weighted by molar-refractivity contribution is -0.119. The smallest absolute Gasteiger partial charge is 0.247 e. The van der Waals surface area contributed by atoms with Crippen LogP contribution in [-0.2, 0) is 10.2 Å². The van der Waals surface area contributed by atoms with E-state index in [-0.39, 0.29) is 23.4 Å². The molecule has 158 valence electrons. The second-order valence-corrected chi connectivity index (χ2v) is 8.83. The van der Waals surface area contributed by atoms with Gasteiger partial charge in [-0.25, -0.2) is 5.43 Å². The predicted molar refractivity (Wildman–Crippen MR) is 111 cm³/mol. The van der Waals surface area contributed by atoms with E-state index in [2.05, 4.69) is 52.2 Å². The molecule has 1 amide bonds. The van der Waals surface area contributed by atoms with Gasteiger partial charge in [0, 0.05) is 24.2 Å². The van der Waals surface area contributed by atoms with Gasteiger partial charge in [-0.3, -0.25) is 9.80 Å². The quantitative estimate of drug-likeness (QED) is 0.708. The molecule has 8 heteroatoms. The Morgan fingerprint density at radius 3 is 2.70 bits per heavy atom. The van der Waals surface area contributed by atoms with Gasteiger partial charge in [0.2, 0.25) is 11.8 Å². The second kappa shape index (κ2) is 7.52. The molecule has 3 aliphatic rings. The highest BCUT2D eigenvalue weighted by Gasteiger charge is 2.45. The molecular formula is C22H28N6O2. The van der Waals surface area contributed by atoms with Crippen LogP contribution in [0.25, 0.3) is 0 Å². The van der Waals surface area contributed by atoms with Crippen LogP contribution in [0.3, 0.4) is 0 Å². The number of carbonyl (C=O) groups excluding carboxylic acids is 1. The van der Waals surface area contributed by atoms with Crippen LogP contribution in [0.2, 0.25) is 0 Å². The van der Waals surface area contributed by atoms with E-state index in [1.54, 1.807) is 6.08 Å². The summed E-state index contributed by atoms with van der Waals surface area (Å²) in [4.78, 5) is 17.2. The van der Waals surface area contributed by atoms with Crippen LogP contribution in [0, 0.1) is 5.92 Å². The van der Waals surface area contributed by atoms with E-state index in [1.807, 2.05) is 18.2 Å². The summed E-state index contributed by atoms with van der Waals surface area (Å²) >= 11 is 0. The Hall–Kier alpha value is -2.71. The minimum Gasteiger partial charge on any atom is -0.339 e. The molecular weight excluding hydrogens is 380 g/mol. The Morgan fingerprint density at radius 1 is 1.17 bits per heavy atom. The zero-order chi connectivity index (χ0) is 20.7. The number of aromatic nitrogens is 2. The van der Waals surface area contributed by atoms with E-state index in [0.29, 0.717) is 24.2 Å². The van der Waals surface area contributed by atoms with Gasteiger partial charge in [-0.05, 0) is 45.3 Å². The molecule has 3 N–H and O–H groups in total. The number of nitrogens with one attached hydrogen (secondary N) is 3. The Labute approximate surface area is 176 Å². The van der Waals surface area contributed by atoms with Crippen molar-refractivity contribution in [1.29, 1.82) is 0 Å². The van der Waals surface area contributed by atoms with E-state index in [4.69, 9.17) is 9.51 Å². The monoisotopic (exact) mass is 408 g/mol. The molecule has 0 bridgehead atoms. The van der Waals surface area contributed by atoms with Crippen molar-refractivity contribution in [3.05, 3.63) is 59.4 Å². The molecule has 0 radical (unpaired) electrons. The number of nitrogens with zero attached hydrogens (tertiary/aromatic N) is 3. The number of hydrogen-bond donors (Lipinski definition) is 3. The SMILES string of the molecule is CC(C)(c1ccccc1)c1noc(C2CNN3C(C4CCNCC4)=CC(=O)NC23)n1. The van der Waals surface area contributed by atoms with Gasteiger partial charge >= 0.3 is 0 Å². The average Bonchev–Trinajstić information content (AvgIpc) is 3.42. The lowest BCUT2D eigenvalue weighted by Crippen LogP contribution is -2.53. The third-order valence-corrected chi connectivity index (χ3v) is 6.56. The number of piperidine rings is 1. The summed E-state index contributed by atoms with van der Waals surface area (Å²) in [6.07, 6.45) is 3.58. The normalized spacial score (nSPS) is 25.1. The van der Waals surface area contributed by atoms with Gasteiger partial charge in [0.15, 0.2) is 5.82 Å². The highest BCUT2D eigenvalue weighted by molar-refractivity contribution is 5.89. The number of benzene rings is 1. The van der Waals surface area contributed by atoms with Crippen LogP contribution in [0.4, 0.5) is 0 Å². The molecule has 3 aliphatic heterocycles. The third kappa shape index (κ3) is 3.30. The van der Waals surface area contributed by atoms with Gasteiger partial charge in [-0.2, -0.15) is 4.98 Å². The van der Waals surface area contributed by atoms with E-state index in [9.17, 15) is 4.79 Å². The van der Waals surface area contributed by atoms with Gasteiger partial charge in [0.05, 0.1) is 11.3 Å². The largest absolute Gasteiger partial charge is 0.339 e. The molecule has 2 atom stereocenters. The maximum atomic E-state index is 12.5. The Balaban J connectivity index is 1.39. The number of allylic oxidation sites excluding steroid dienone is 1. The first-order valence-corrected chi connectivity index (χ1v) is 10.7. The van der Waals surface area contributed by atoms with Gasteiger partial charge in [0.1, 0.15) is 6.17 Å². The molecule has 0 saturated carbocycles. The zero-order valence-electron chi connectivity index (χ0n) is 17.4. The average molecular weight is 409 g/mol. The molecule has 1 aromatic heterocycles. The number of hydrazine groups is 1. The summed E-state index contributed by atoms with van der Waals surface area (Å²) in [7, 11) is 0.